The van der Waals surface area contributed by atoms with E-state index in [2.05, 4.69) is 5.32 Å². The zero-order valence-corrected chi connectivity index (χ0v) is 7.29. The summed E-state index contributed by atoms with van der Waals surface area (Å²) in [7, 11) is 0. The number of carbonyl (C=O) groups excluding carboxylic acids is 1. The van der Waals surface area contributed by atoms with E-state index in [1.807, 2.05) is 36.3 Å². The molecule has 0 atom stereocenters. The van der Waals surface area contributed by atoms with Gasteiger partial charge in [0, 0.05) is 6.54 Å². The first kappa shape index (κ1) is 9.50. The van der Waals surface area contributed by atoms with E-state index in [-0.39, 0.29) is 12.3 Å². The molecule has 0 spiro atoms. The van der Waals surface area contributed by atoms with Gasteiger partial charge in [0.25, 0.3) is 0 Å². The van der Waals surface area contributed by atoms with E-state index < -0.39 is 0 Å². The lowest BCUT2D eigenvalue weighted by Gasteiger charge is -2.00. The fourth-order valence-corrected chi connectivity index (χ4v) is 0.967. The van der Waals surface area contributed by atoms with Crippen LogP contribution in [-0.2, 0) is 11.3 Å². The Kier molecular flexibility index (Phi) is 3.74. The number of terminal acetylenes is 1. The Balaban J connectivity index is 2.29. The van der Waals surface area contributed by atoms with E-state index in [9.17, 15) is 4.79 Å². The first-order valence-corrected chi connectivity index (χ1v) is 4.07. The van der Waals surface area contributed by atoms with E-state index in [1.165, 1.54) is 0 Å². The van der Waals surface area contributed by atoms with Gasteiger partial charge >= 0.3 is 0 Å². The number of hydrogen-bond donors (Lipinski definition) is 1. The molecule has 0 bridgehead atoms. The summed E-state index contributed by atoms with van der Waals surface area (Å²) in [5.41, 5.74) is 1.15. The Morgan fingerprint density at radius 3 is 2.69 bits per heavy atom. The normalized spacial score (nSPS) is 9.15. The fraction of sp³-hybridized carbons (Fsp3) is 0.182. The van der Waals surface area contributed by atoms with Crippen LogP contribution < -0.4 is 5.32 Å². The minimum Gasteiger partial charge on any atom is -0.305 e. The summed E-state index contributed by atoms with van der Waals surface area (Å²) in [5.74, 6) is 1.84. The van der Waals surface area contributed by atoms with Crippen LogP contribution in [0.1, 0.15) is 5.56 Å². The lowest BCUT2D eigenvalue weighted by molar-refractivity contribution is -0.113. The third-order valence-corrected chi connectivity index (χ3v) is 1.62. The molecule has 0 aliphatic heterocycles. The van der Waals surface area contributed by atoms with E-state index in [0.717, 1.165) is 5.56 Å². The van der Waals surface area contributed by atoms with E-state index in [1.54, 1.807) is 0 Å². The van der Waals surface area contributed by atoms with E-state index in [0.29, 0.717) is 6.54 Å². The van der Waals surface area contributed by atoms with Crippen LogP contribution >= 0.6 is 0 Å². The van der Waals surface area contributed by atoms with Crippen molar-refractivity contribution in [3.05, 3.63) is 35.9 Å². The number of rotatable bonds is 4. The van der Waals surface area contributed by atoms with Gasteiger partial charge in [-0.05, 0) is 11.5 Å². The molecule has 0 aromatic heterocycles. The summed E-state index contributed by atoms with van der Waals surface area (Å²) < 4.78 is 0. The molecule has 0 amide bonds. The maximum atomic E-state index is 10.7. The van der Waals surface area contributed by atoms with Gasteiger partial charge in [-0.15, -0.1) is 6.42 Å². The van der Waals surface area contributed by atoms with Crippen molar-refractivity contribution < 1.29 is 4.79 Å². The lowest BCUT2D eigenvalue weighted by Crippen LogP contribution is -2.21. The Morgan fingerprint density at radius 1 is 1.38 bits per heavy atom. The van der Waals surface area contributed by atoms with Gasteiger partial charge in [0.15, 0.2) is 0 Å². The van der Waals surface area contributed by atoms with Crippen LogP contribution in [0.2, 0.25) is 0 Å². The highest BCUT2D eigenvalue weighted by atomic mass is 16.1. The summed E-state index contributed by atoms with van der Waals surface area (Å²) in [6.45, 7) is 0.916. The molecule has 0 fully saturated rings. The van der Waals surface area contributed by atoms with Crippen LogP contribution in [0.3, 0.4) is 0 Å². The quantitative estimate of drug-likeness (QED) is 0.543. The van der Waals surface area contributed by atoms with Gasteiger partial charge in [0.2, 0.25) is 5.78 Å². The largest absolute Gasteiger partial charge is 0.305 e. The highest BCUT2D eigenvalue weighted by molar-refractivity contribution is 5.96. The van der Waals surface area contributed by atoms with Crippen molar-refractivity contribution in [2.24, 2.45) is 0 Å². The molecule has 0 heterocycles. The average Bonchev–Trinajstić information content (AvgIpc) is 2.19. The number of benzene rings is 1. The minimum atomic E-state index is -0.212. The minimum absolute atomic E-state index is 0.212. The summed E-state index contributed by atoms with van der Waals surface area (Å²) in [6, 6.07) is 9.86. The number of carbonyl (C=O) groups is 1. The standard InChI is InChI=1S/C11H11NO/c1-2-11(13)9-12-8-10-6-4-3-5-7-10/h1,3-7,12H,8-9H2. The van der Waals surface area contributed by atoms with Crippen molar-refractivity contribution >= 4 is 5.78 Å². The molecule has 1 aromatic rings. The van der Waals surface area contributed by atoms with E-state index >= 15 is 0 Å². The van der Waals surface area contributed by atoms with Crippen LogP contribution in [0, 0.1) is 12.3 Å². The zero-order chi connectivity index (χ0) is 9.52. The molecule has 1 aromatic carbocycles. The van der Waals surface area contributed by atoms with Crippen molar-refractivity contribution in [2.75, 3.05) is 6.54 Å². The van der Waals surface area contributed by atoms with Gasteiger partial charge in [-0.1, -0.05) is 30.3 Å². The maximum Gasteiger partial charge on any atom is 0.218 e. The molecule has 0 saturated heterocycles. The monoisotopic (exact) mass is 173 g/mol. The number of nitrogens with one attached hydrogen (secondary N) is 1. The summed E-state index contributed by atoms with van der Waals surface area (Å²) in [5, 5.41) is 2.96. The van der Waals surface area contributed by atoms with Gasteiger partial charge in [-0.2, -0.15) is 0 Å². The van der Waals surface area contributed by atoms with Crippen molar-refractivity contribution in [3.63, 3.8) is 0 Å². The van der Waals surface area contributed by atoms with Gasteiger partial charge in [0.1, 0.15) is 0 Å². The summed E-state index contributed by atoms with van der Waals surface area (Å²) in [6.07, 6.45) is 4.91. The van der Waals surface area contributed by atoms with Crippen LogP contribution in [0.15, 0.2) is 30.3 Å². The first-order chi connectivity index (χ1) is 6.33. The molecular formula is C11H11NO. The molecule has 1 N–H and O–H groups in total. The fourth-order valence-electron chi connectivity index (χ4n) is 0.967. The molecule has 66 valence electrons. The third kappa shape index (κ3) is 3.55. The second-order valence-electron chi connectivity index (χ2n) is 2.66. The van der Waals surface area contributed by atoms with Crippen LogP contribution in [0.25, 0.3) is 0 Å². The van der Waals surface area contributed by atoms with Gasteiger partial charge in [0.05, 0.1) is 6.54 Å². The molecule has 0 aliphatic carbocycles. The topological polar surface area (TPSA) is 29.1 Å². The maximum absolute atomic E-state index is 10.7. The molecule has 1 rings (SSSR count). The molecular weight excluding hydrogens is 162 g/mol. The van der Waals surface area contributed by atoms with Gasteiger partial charge in [-0.25, -0.2) is 0 Å². The molecule has 0 unspecified atom stereocenters. The third-order valence-electron chi connectivity index (χ3n) is 1.62. The molecule has 0 radical (unpaired) electrons. The Labute approximate surface area is 78.0 Å². The Hall–Kier alpha value is -1.59. The SMILES string of the molecule is C#CC(=O)CNCc1ccccc1. The van der Waals surface area contributed by atoms with Crippen molar-refractivity contribution in [3.8, 4) is 12.3 Å². The van der Waals surface area contributed by atoms with Crippen LogP contribution in [0.4, 0.5) is 0 Å². The molecule has 2 heteroatoms. The Bertz CT molecular complexity index is 311. The second-order valence-corrected chi connectivity index (χ2v) is 2.66. The lowest BCUT2D eigenvalue weighted by atomic mass is 10.2. The molecule has 2 nitrogen and oxygen atoms in total. The van der Waals surface area contributed by atoms with Crippen LogP contribution in [0.5, 0.6) is 0 Å². The van der Waals surface area contributed by atoms with Gasteiger partial charge < -0.3 is 5.32 Å². The smallest absolute Gasteiger partial charge is 0.218 e. The van der Waals surface area contributed by atoms with Crippen molar-refractivity contribution in [1.29, 1.82) is 0 Å². The van der Waals surface area contributed by atoms with Crippen molar-refractivity contribution in [1.82, 2.24) is 5.32 Å². The van der Waals surface area contributed by atoms with Gasteiger partial charge in [-0.3, -0.25) is 4.79 Å². The summed E-state index contributed by atoms with van der Waals surface area (Å²) in [4.78, 5) is 10.7. The number of ketones is 1. The first-order valence-electron chi connectivity index (χ1n) is 4.07. The highest BCUT2D eigenvalue weighted by Crippen LogP contribution is 1.96. The number of hydrogen-bond acceptors (Lipinski definition) is 2. The second kappa shape index (κ2) is 5.13. The van der Waals surface area contributed by atoms with Crippen molar-refractivity contribution in [2.45, 2.75) is 6.54 Å². The Morgan fingerprint density at radius 2 is 2.08 bits per heavy atom. The predicted octanol–water partition coefficient (Wildman–Crippen LogP) is 0.978. The van der Waals surface area contributed by atoms with E-state index in [4.69, 9.17) is 6.42 Å². The zero-order valence-electron chi connectivity index (χ0n) is 7.29. The highest BCUT2D eigenvalue weighted by Gasteiger charge is 1.95. The molecule has 0 aliphatic rings. The number of Topliss-reactive ketones (excluding diaryl/α,β-unsaturated/α-hetero) is 1. The molecule has 13 heavy (non-hydrogen) atoms. The average molecular weight is 173 g/mol. The summed E-state index contributed by atoms with van der Waals surface area (Å²) >= 11 is 0. The molecule has 0 saturated carbocycles. The predicted molar refractivity (Wildman–Crippen MR) is 52.0 cm³/mol. The van der Waals surface area contributed by atoms with Crippen LogP contribution in [-0.4, -0.2) is 12.3 Å².